The van der Waals surface area contributed by atoms with E-state index in [-0.39, 0.29) is 5.95 Å². The Bertz CT molecular complexity index is 473. The number of nitrogens with two attached hydrogens (primary N) is 1. The molecule has 0 saturated heterocycles. The third kappa shape index (κ3) is 11.1. The van der Waals surface area contributed by atoms with E-state index in [1.54, 1.807) is 4.80 Å². The summed E-state index contributed by atoms with van der Waals surface area (Å²) in [7, 11) is -2.43. The van der Waals surface area contributed by atoms with E-state index in [9.17, 15) is 0 Å². The van der Waals surface area contributed by atoms with Crippen LogP contribution in [0.3, 0.4) is 0 Å². The van der Waals surface area contributed by atoms with Crippen LogP contribution in [0.1, 0.15) is 85.0 Å². The Morgan fingerprint density at radius 2 is 1.21 bits per heavy atom. The molecule has 0 aromatic carbocycles. The molecule has 0 radical (unpaired) electrons. The number of aryl methyl sites for hydroxylation is 1. The molecule has 0 bridgehead atoms. The lowest BCUT2D eigenvalue weighted by molar-refractivity contribution is 0.0706. The predicted molar refractivity (Wildman–Crippen MR) is 114 cm³/mol. The first-order valence-corrected chi connectivity index (χ1v) is 13.0. The van der Waals surface area contributed by atoms with E-state index in [1.807, 2.05) is 20.8 Å². The highest BCUT2D eigenvalue weighted by Gasteiger charge is 2.39. The Morgan fingerprint density at radius 3 is 1.64 bits per heavy atom. The van der Waals surface area contributed by atoms with Gasteiger partial charge in [0.2, 0.25) is 0 Å². The zero-order chi connectivity index (χ0) is 20.5. The molecule has 0 fully saturated rings. The van der Waals surface area contributed by atoms with Crippen molar-refractivity contribution in [3.63, 3.8) is 0 Å². The number of nitrogens with zero attached hydrogens (tertiary/aromatic N) is 4. The number of rotatable bonds is 19. The molecule has 0 aliphatic heterocycles. The van der Waals surface area contributed by atoms with Gasteiger partial charge in [-0.15, -0.1) is 5.10 Å². The quantitative estimate of drug-likeness (QED) is 0.267. The smallest absolute Gasteiger partial charge is 0.374 e. The lowest BCUT2D eigenvalue weighted by Gasteiger charge is -2.28. The van der Waals surface area contributed by atoms with Crippen LogP contribution in [-0.4, -0.2) is 48.8 Å². The van der Waals surface area contributed by atoms with Crippen molar-refractivity contribution < 1.29 is 13.3 Å². The fraction of sp³-hybridized carbons (Fsp3) is 0.947. The summed E-state index contributed by atoms with van der Waals surface area (Å²) in [6.45, 7) is 8.84. The number of nitrogen functional groups attached to an aromatic ring is 1. The minimum Gasteiger partial charge on any atom is -0.374 e. The molecule has 0 aliphatic carbocycles. The van der Waals surface area contributed by atoms with Crippen LogP contribution < -0.4 is 5.73 Å². The van der Waals surface area contributed by atoms with Crippen LogP contribution in [0.15, 0.2) is 0 Å². The number of tetrazole rings is 1. The monoisotopic (exact) mass is 415 g/mol. The summed E-state index contributed by atoms with van der Waals surface area (Å²) in [5, 5.41) is 11.5. The lowest BCUT2D eigenvalue weighted by Crippen LogP contribution is -2.45. The minimum atomic E-state index is -2.43. The van der Waals surface area contributed by atoms with Gasteiger partial charge < -0.3 is 19.0 Å². The fourth-order valence-corrected chi connectivity index (χ4v) is 6.05. The third-order valence-electron chi connectivity index (χ3n) is 4.65. The van der Waals surface area contributed by atoms with E-state index >= 15 is 0 Å². The first-order valence-electron chi connectivity index (χ1n) is 11.1. The zero-order valence-corrected chi connectivity index (χ0v) is 19.2. The van der Waals surface area contributed by atoms with Crippen LogP contribution >= 0.6 is 0 Å². The van der Waals surface area contributed by atoms with Crippen LogP contribution in [0, 0.1) is 0 Å². The van der Waals surface area contributed by atoms with E-state index in [1.165, 1.54) is 51.4 Å². The molecule has 9 heteroatoms. The predicted octanol–water partition coefficient (Wildman–Crippen LogP) is 4.20. The van der Waals surface area contributed by atoms with E-state index < -0.39 is 8.80 Å². The second kappa shape index (κ2) is 15.8. The van der Waals surface area contributed by atoms with Crippen LogP contribution in [0.25, 0.3) is 0 Å². The Balaban J connectivity index is 1.96. The molecular formula is C19H41N5O3Si. The maximum Gasteiger partial charge on any atom is 0.500 e. The Morgan fingerprint density at radius 1 is 0.750 bits per heavy atom. The van der Waals surface area contributed by atoms with E-state index in [2.05, 4.69) is 15.4 Å². The summed E-state index contributed by atoms with van der Waals surface area (Å²) < 4.78 is 17.7. The number of hydrogen-bond acceptors (Lipinski definition) is 7. The topological polar surface area (TPSA) is 97.3 Å². The van der Waals surface area contributed by atoms with Gasteiger partial charge in [0.15, 0.2) is 0 Å². The Kier molecular flexibility index (Phi) is 14.1. The standard InChI is InChI=1S/C19H41N5O3Si/c1-4-25-28(26-5-2,27-6-3)18-16-14-12-10-8-7-9-11-13-15-17-24-22-19(20)21-23-24/h4-18H2,1-3H3,(H2,20,22). The van der Waals surface area contributed by atoms with Gasteiger partial charge >= 0.3 is 8.80 Å². The van der Waals surface area contributed by atoms with Crippen molar-refractivity contribution >= 4 is 14.8 Å². The summed E-state index contributed by atoms with van der Waals surface area (Å²) in [5.74, 6) is 0.252. The van der Waals surface area contributed by atoms with Crippen molar-refractivity contribution in [2.45, 2.75) is 97.6 Å². The van der Waals surface area contributed by atoms with Gasteiger partial charge in [0.25, 0.3) is 5.95 Å². The third-order valence-corrected chi connectivity index (χ3v) is 7.80. The molecule has 28 heavy (non-hydrogen) atoms. The molecule has 1 aromatic rings. The summed E-state index contributed by atoms with van der Waals surface area (Å²) in [6.07, 6.45) is 12.5. The minimum absolute atomic E-state index is 0.252. The molecule has 0 atom stereocenters. The molecule has 0 saturated carbocycles. The molecule has 1 aromatic heterocycles. The Hall–Kier alpha value is -1.03. The molecule has 8 nitrogen and oxygen atoms in total. The van der Waals surface area contributed by atoms with Gasteiger partial charge in [0.1, 0.15) is 0 Å². The number of unbranched alkanes of at least 4 members (excludes halogenated alkanes) is 9. The van der Waals surface area contributed by atoms with Crippen LogP contribution in [-0.2, 0) is 19.8 Å². The average molecular weight is 416 g/mol. The zero-order valence-electron chi connectivity index (χ0n) is 18.2. The van der Waals surface area contributed by atoms with Gasteiger partial charge in [-0.2, -0.15) is 4.80 Å². The van der Waals surface area contributed by atoms with Crippen LogP contribution in [0.4, 0.5) is 5.95 Å². The molecule has 0 unspecified atom stereocenters. The average Bonchev–Trinajstić information content (AvgIpc) is 3.08. The fourth-order valence-electron chi connectivity index (χ4n) is 3.36. The molecule has 0 amide bonds. The van der Waals surface area contributed by atoms with Gasteiger partial charge in [-0.25, -0.2) is 0 Å². The summed E-state index contributed by atoms with van der Waals surface area (Å²) in [4.78, 5) is 1.58. The van der Waals surface area contributed by atoms with Crippen molar-refractivity contribution in [1.29, 1.82) is 0 Å². The summed E-state index contributed by atoms with van der Waals surface area (Å²) in [6, 6.07) is 0.939. The SMILES string of the molecule is CCO[Si](CCCCCCCCCCCCn1nnc(N)n1)(OCC)OCC. The van der Waals surface area contributed by atoms with Gasteiger partial charge in [-0.3, -0.25) is 0 Å². The maximum atomic E-state index is 5.91. The van der Waals surface area contributed by atoms with E-state index in [0.717, 1.165) is 25.4 Å². The summed E-state index contributed by atoms with van der Waals surface area (Å²) in [5.41, 5.74) is 5.45. The largest absolute Gasteiger partial charge is 0.500 e. The van der Waals surface area contributed by atoms with Gasteiger partial charge in [0, 0.05) is 25.9 Å². The van der Waals surface area contributed by atoms with E-state index in [0.29, 0.717) is 19.8 Å². The van der Waals surface area contributed by atoms with E-state index in [4.69, 9.17) is 19.0 Å². The first kappa shape index (κ1) is 25.0. The van der Waals surface area contributed by atoms with Crippen molar-refractivity contribution in [1.82, 2.24) is 20.2 Å². The highest BCUT2D eigenvalue weighted by atomic mass is 28.4. The molecule has 2 N–H and O–H groups in total. The van der Waals surface area contributed by atoms with Crippen molar-refractivity contribution in [2.75, 3.05) is 25.6 Å². The highest BCUT2D eigenvalue weighted by molar-refractivity contribution is 6.60. The van der Waals surface area contributed by atoms with Crippen molar-refractivity contribution in [2.24, 2.45) is 0 Å². The highest BCUT2D eigenvalue weighted by Crippen LogP contribution is 2.21. The Labute approximate surface area is 171 Å². The number of hydrogen-bond donors (Lipinski definition) is 1. The molecule has 164 valence electrons. The first-order chi connectivity index (χ1) is 13.7. The molecular weight excluding hydrogens is 374 g/mol. The molecule has 0 spiro atoms. The van der Waals surface area contributed by atoms with Crippen LogP contribution in [0.2, 0.25) is 6.04 Å². The molecule has 0 aliphatic rings. The van der Waals surface area contributed by atoms with Gasteiger partial charge in [-0.05, 0) is 38.8 Å². The normalized spacial score (nSPS) is 12.0. The number of aromatic nitrogens is 4. The van der Waals surface area contributed by atoms with Gasteiger partial charge in [-0.1, -0.05) is 56.5 Å². The van der Waals surface area contributed by atoms with Crippen molar-refractivity contribution in [3.8, 4) is 0 Å². The van der Waals surface area contributed by atoms with Crippen LogP contribution in [0.5, 0.6) is 0 Å². The lowest BCUT2D eigenvalue weighted by atomic mass is 10.1. The second-order valence-electron chi connectivity index (χ2n) is 7.01. The number of anilines is 1. The molecule has 1 heterocycles. The molecule has 1 rings (SSSR count). The van der Waals surface area contributed by atoms with Crippen molar-refractivity contribution in [3.05, 3.63) is 0 Å². The van der Waals surface area contributed by atoms with Gasteiger partial charge in [0.05, 0.1) is 6.54 Å². The summed E-state index contributed by atoms with van der Waals surface area (Å²) >= 11 is 0. The maximum absolute atomic E-state index is 5.91. The second-order valence-corrected chi connectivity index (χ2v) is 9.74.